The highest BCUT2D eigenvalue weighted by Crippen LogP contribution is 2.14. The summed E-state index contributed by atoms with van der Waals surface area (Å²) in [5.74, 6) is -3.55. The maximum Gasteiger partial charge on any atom is 0.310 e. The van der Waals surface area contributed by atoms with Gasteiger partial charge in [-0.1, -0.05) is 6.92 Å². The summed E-state index contributed by atoms with van der Waals surface area (Å²) in [6, 6.07) is 3.01. The molecule has 2 aromatic rings. The Kier molecular flexibility index (Phi) is 6.82. The fourth-order valence-corrected chi connectivity index (χ4v) is 2.56. The molecule has 0 aliphatic rings. The SMILES string of the molecule is COC(=O)C(C)CN(CCCn1ccnc1)C(=O)c1ccc(F)c(F)c1. The van der Waals surface area contributed by atoms with E-state index < -0.39 is 29.4 Å². The number of carbonyl (C=O) groups excluding carboxylic acids is 2. The number of benzene rings is 1. The van der Waals surface area contributed by atoms with Gasteiger partial charge in [0.05, 0.1) is 19.4 Å². The van der Waals surface area contributed by atoms with Crippen LogP contribution in [0.3, 0.4) is 0 Å². The summed E-state index contributed by atoms with van der Waals surface area (Å²) in [5, 5.41) is 0. The Bertz CT molecular complexity index is 750. The Morgan fingerprint density at radius 2 is 2.08 bits per heavy atom. The Labute approximate surface area is 150 Å². The first-order chi connectivity index (χ1) is 12.4. The maximum absolute atomic E-state index is 13.5. The Morgan fingerprint density at radius 3 is 2.69 bits per heavy atom. The lowest BCUT2D eigenvalue weighted by molar-refractivity contribution is -0.145. The minimum absolute atomic E-state index is 0.0311. The Morgan fingerprint density at radius 1 is 1.31 bits per heavy atom. The molecular formula is C18H21F2N3O3. The number of aromatic nitrogens is 2. The van der Waals surface area contributed by atoms with Gasteiger partial charge in [0.25, 0.3) is 5.91 Å². The van der Waals surface area contributed by atoms with Crippen molar-refractivity contribution in [1.82, 2.24) is 14.5 Å². The predicted octanol–water partition coefficient (Wildman–Crippen LogP) is 2.50. The average molecular weight is 365 g/mol. The minimum Gasteiger partial charge on any atom is -0.469 e. The van der Waals surface area contributed by atoms with E-state index in [1.807, 2.05) is 4.57 Å². The Balaban J connectivity index is 2.10. The van der Waals surface area contributed by atoms with Gasteiger partial charge in [-0.15, -0.1) is 0 Å². The minimum atomic E-state index is -1.09. The van der Waals surface area contributed by atoms with Crippen LogP contribution in [-0.2, 0) is 16.1 Å². The summed E-state index contributed by atoms with van der Waals surface area (Å²) < 4.78 is 33.1. The monoisotopic (exact) mass is 365 g/mol. The summed E-state index contributed by atoms with van der Waals surface area (Å²) in [5.41, 5.74) is 0.0311. The summed E-state index contributed by atoms with van der Waals surface area (Å²) in [6.45, 7) is 2.74. The second-order valence-corrected chi connectivity index (χ2v) is 5.96. The first-order valence-corrected chi connectivity index (χ1v) is 8.20. The second-order valence-electron chi connectivity index (χ2n) is 5.96. The van der Waals surface area contributed by atoms with E-state index in [0.29, 0.717) is 19.5 Å². The highest BCUT2D eigenvalue weighted by Gasteiger charge is 2.23. The van der Waals surface area contributed by atoms with Crippen molar-refractivity contribution in [2.75, 3.05) is 20.2 Å². The van der Waals surface area contributed by atoms with Crippen LogP contribution in [0.15, 0.2) is 36.9 Å². The molecule has 0 fully saturated rings. The van der Waals surface area contributed by atoms with Crippen molar-refractivity contribution in [3.63, 3.8) is 0 Å². The molecule has 8 heteroatoms. The topological polar surface area (TPSA) is 64.4 Å². The normalized spacial score (nSPS) is 11.8. The van der Waals surface area contributed by atoms with Crippen molar-refractivity contribution in [1.29, 1.82) is 0 Å². The van der Waals surface area contributed by atoms with Gasteiger partial charge in [0, 0.05) is 37.6 Å². The van der Waals surface area contributed by atoms with Crippen molar-refractivity contribution in [2.45, 2.75) is 19.9 Å². The van der Waals surface area contributed by atoms with Gasteiger partial charge in [-0.2, -0.15) is 0 Å². The van der Waals surface area contributed by atoms with Crippen molar-refractivity contribution in [2.24, 2.45) is 5.92 Å². The number of carbonyl (C=O) groups is 2. The molecule has 1 amide bonds. The molecule has 0 saturated carbocycles. The van der Waals surface area contributed by atoms with Crippen LogP contribution in [0.1, 0.15) is 23.7 Å². The molecule has 0 aliphatic carbocycles. The van der Waals surface area contributed by atoms with Crippen LogP contribution < -0.4 is 0 Å². The van der Waals surface area contributed by atoms with Crippen LogP contribution in [0.5, 0.6) is 0 Å². The molecule has 1 aromatic heterocycles. The van der Waals surface area contributed by atoms with Gasteiger partial charge >= 0.3 is 5.97 Å². The molecular weight excluding hydrogens is 344 g/mol. The van der Waals surface area contributed by atoms with Crippen molar-refractivity contribution in [3.05, 3.63) is 54.1 Å². The van der Waals surface area contributed by atoms with E-state index in [-0.39, 0.29) is 12.1 Å². The zero-order chi connectivity index (χ0) is 19.1. The lowest BCUT2D eigenvalue weighted by Crippen LogP contribution is -2.38. The van der Waals surface area contributed by atoms with Crippen LogP contribution in [0.2, 0.25) is 0 Å². The molecule has 0 aliphatic heterocycles. The van der Waals surface area contributed by atoms with Gasteiger partial charge in [-0.05, 0) is 24.6 Å². The lowest BCUT2D eigenvalue weighted by atomic mass is 10.1. The maximum atomic E-state index is 13.5. The van der Waals surface area contributed by atoms with Crippen LogP contribution >= 0.6 is 0 Å². The molecule has 1 atom stereocenters. The highest BCUT2D eigenvalue weighted by atomic mass is 19.2. The molecule has 0 saturated heterocycles. The summed E-state index contributed by atoms with van der Waals surface area (Å²) in [4.78, 5) is 29.8. The van der Waals surface area contributed by atoms with E-state index in [0.717, 1.165) is 12.1 Å². The van der Waals surface area contributed by atoms with Gasteiger partial charge in [0.15, 0.2) is 11.6 Å². The first kappa shape index (κ1) is 19.6. The molecule has 6 nitrogen and oxygen atoms in total. The zero-order valence-electron chi connectivity index (χ0n) is 14.7. The third-order valence-corrected chi connectivity index (χ3v) is 3.96. The third kappa shape index (κ3) is 5.11. The largest absolute Gasteiger partial charge is 0.469 e. The fraction of sp³-hybridized carbons (Fsp3) is 0.389. The summed E-state index contributed by atoms with van der Waals surface area (Å²) in [6.07, 6.45) is 5.74. The molecule has 0 radical (unpaired) electrons. The zero-order valence-corrected chi connectivity index (χ0v) is 14.7. The highest BCUT2D eigenvalue weighted by molar-refractivity contribution is 5.94. The van der Waals surface area contributed by atoms with Gasteiger partial charge in [-0.25, -0.2) is 13.8 Å². The number of imidazole rings is 1. The van der Waals surface area contributed by atoms with Crippen molar-refractivity contribution >= 4 is 11.9 Å². The number of nitrogens with zero attached hydrogens (tertiary/aromatic N) is 3. The molecule has 0 bridgehead atoms. The number of hydrogen-bond donors (Lipinski definition) is 0. The quantitative estimate of drug-likeness (QED) is 0.675. The van der Waals surface area contributed by atoms with Gasteiger partial charge in [0.2, 0.25) is 0 Å². The smallest absolute Gasteiger partial charge is 0.310 e. The number of aryl methyl sites for hydroxylation is 1. The fourth-order valence-electron chi connectivity index (χ4n) is 2.56. The van der Waals surface area contributed by atoms with Gasteiger partial charge in [0.1, 0.15) is 0 Å². The van der Waals surface area contributed by atoms with E-state index >= 15 is 0 Å². The van der Waals surface area contributed by atoms with E-state index in [1.54, 1.807) is 25.6 Å². The molecule has 2 rings (SSSR count). The lowest BCUT2D eigenvalue weighted by Gasteiger charge is -2.25. The van der Waals surface area contributed by atoms with E-state index in [2.05, 4.69) is 4.98 Å². The standard InChI is InChI=1S/C18H21F2N3O3/c1-13(18(25)26-2)11-23(8-3-7-22-9-6-21-12-22)17(24)14-4-5-15(19)16(20)10-14/h4-6,9-10,12-13H,3,7-8,11H2,1-2H3. The average Bonchev–Trinajstić information content (AvgIpc) is 3.15. The second kappa shape index (κ2) is 9.07. The first-order valence-electron chi connectivity index (χ1n) is 8.20. The summed E-state index contributed by atoms with van der Waals surface area (Å²) >= 11 is 0. The van der Waals surface area contributed by atoms with E-state index in [4.69, 9.17) is 4.74 Å². The number of ether oxygens (including phenoxy) is 1. The van der Waals surface area contributed by atoms with Crippen molar-refractivity contribution in [3.8, 4) is 0 Å². The molecule has 26 heavy (non-hydrogen) atoms. The molecule has 0 N–H and O–H groups in total. The Hall–Kier alpha value is -2.77. The van der Waals surface area contributed by atoms with Gasteiger partial charge in [-0.3, -0.25) is 9.59 Å². The van der Waals surface area contributed by atoms with E-state index in [1.165, 1.54) is 18.1 Å². The van der Waals surface area contributed by atoms with Crippen molar-refractivity contribution < 1.29 is 23.1 Å². The molecule has 140 valence electrons. The van der Waals surface area contributed by atoms with Gasteiger partial charge < -0.3 is 14.2 Å². The molecule has 1 aromatic carbocycles. The number of hydrogen-bond acceptors (Lipinski definition) is 4. The number of esters is 1. The van der Waals surface area contributed by atoms with Crippen LogP contribution in [0.25, 0.3) is 0 Å². The number of halogens is 2. The number of amides is 1. The summed E-state index contributed by atoms with van der Waals surface area (Å²) in [7, 11) is 1.28. The van der Waals surface area contributed by atoms with E-state index in [9.17, 15) is 18.4 Å². The van der Waals surface area contributed by atoms with Crippen LogP contribution in [0, 0.1) is 17.6 Å². The third-order valence-electron chi connectivity index (χ3n) is 3.96. The molecule has 1 heterocycles. The van der Waals surface area contributed by atoms with Crippen LogP contribution in [-0.4, -0.2) is 46.5 Å². The number of rotatable bonds is 8. The predicted molar refractivity (Wildman–Crippen MR) is 90.3 cm³/mol. The number of methoxy groups -OCH3 is 1. The molecule has 0 spiro atoms. The van der Waals surface area contributed by atoms with Crippen LogP contribution in [0.4, 0.5) is 8.78 Å². The molecule has 1 unspecified atom stereocenters.